The van der Waals surface area contributed by atoms with E-state index in [1.165, 1.54) is 36.8 Å². The minimum absolute atomic E-state index is 0.0143. The molecule has 17 nitrogen and oxygen atoms in total. The van der Waals surface area contributed by atoms with Gasteiger partial charge in [-0.2, -0.15) is 5.10 Å². The van der Waals surface area contributed by atoms with Crippen LogP contribution in [0.25, 0.3) is 0 Å². The standard InChI is InChI=1S/C41H56BrN3O6.C39H50BrNO7.C2H4/c1-6-10-36(47)48-25-34(43-45(4)5)41-35(50-38(51-41)27-11-8-7-9-12-27)22-32-31-18-15-28-21-30(44-49-24-26-13-16-29(42)17-14-26)19-20-39(28,2)37(31)33(46)23-40(32,41)3;1-4-8-34(44)45-23-32(43)39-33(47-36(48-39)25-9-6-5-7-10-25)20-30-29-16-13-26-19-28(41-46-22-24-11-14-27(40)15-12-24)17-18-37(26,2)35(29)31(42)21-38(30,39)3;1-2/h13-14,16-17,19-21,27,31-33,35,37-38,46H,6-12,15,18,22-25H2,1-5H3;11-12,14-15,17-19,25,29-31,33,35-36,42H,4-10,13,16,20-23H2,1-3H3;1-2H2/b43-34?,44-30-;41-28-;/t31-,32-,33-,35+,37+,38?,39-,40-,41+;29-,30-,31-,33+,35+,36?,37-,38-,39+;/m00./s1. The maximum absolute atomic E-state index is 14.4. The lowest BCUT2D eigenvalue weighted by molar-refractivity contribution is -0.210. The molecule has 2 heterocycles. The summed E-state index contributed by atoms with van der Waals surface area (Å²) in [7, 11) is 3.81. The van der Waals surface area contributed by atoms with Crippen LogP contribution in [0.1, 0.15) is 194 Å². The average Bonchev–Trinajstić information content (AvgIpc) is 1.54. The summed E-state index contributed by atoms with van der Waals surface area (Å²) in [4.78, 5) is 51.0. The van der Waals surface area contributed by atoms with E-state index < -0.39 is 46.6 Å². The summed E-state index contributed by atoms with van der Waals surface area (Å²) in [6.07, 6.45) is 29.8. The van der Waals surface area contributed by atoms with Crippen LogP contribution >= 0.6 is 31.9 Å². The first-order chi connectivity index (χ1) is 48.6. The summed E-state index contributed by atoms with van der Waals surface area (Å²) in [5.41, 5.74) is 3.03. The van der Waals surface area contributed by atoms with Gasteiger partial charge in [0.15, 0.2) is 24.8 Å². The lowest BCUT2D eigenvalue weighted by Gasteiger charge is -2.60. The largest absolute Gasteiger partial charge is 0.459 e. The first-order valence-corrected chi connectivity index (χ1v) is 39.5. The van der Waals surface area contributed by atoms with Crippen molar-refractivity contribution >= 4 is 66.7 Å². The third-order valence-electron chi connectivity index (χ3n) is 26.0. The summed E-state index contributed by atoms with van der Waals surface area (Å²) >= 11 is 6.95. The number of carbonyl (C=O) groups excluding carboxylic acids is 3. The average molecular weight is 1520 g/mol. The summed E-state index contributed by atoms with van der Waals surface area (Å²) in [6.45, 7) is 19.4. The topological polar surface area (TPSA) is 206 Å². The molecule has 0 radical (unpaired) electrons. The number of benzene rings is 2. The second-order valence-electron chi connectivity index (χ2n) is 32.1. The van der Waals surface area contributed by atoms with Crippen LogP contribution < -0.4 is 0 Å². The molecule has 0 aromatic heterocycles. The zero-order valence-electron chi connectivity index (χ0n) is 60.9. The van der Waals surface area contributed by atoms with Crippen LogP contribution in [0.15, 0.2) is 134 Å². The van der Waals surface area contributed by atoms with Crippen LogP contribution in [0, 0.1) is 69.0 Å². The van der Waals surface area contributed by atoms with Crippen molar-refractivity contribution in [3.05, 3.63) is 129 Å². The summed E-state index contributed by atoms with van der Waals surface area (Å²) < 4.78 is 41.6. The summed E-state index contributed by atoms with van der Waals surface area (Å²) in [5.74, 6) is 0.587. The van der Waals surface area contributed by atoms with E-state index in [0.717, 1.165) is 109 Å². The van der Waals surface area contributed by atoms with Crippen LogP contribution in [0.5, 0.6) is 0 Å². The molecule has 0 spiro atoms. The Hall–Kier alpha value is -5.12. The molecule has 8 saturated carbocycles. The molecule has 2 saturated heterocycles. The quantitative estimate of drug-likeness (QED) is 0.0581. The summed E-state index contributed by atoms with van der Waals surface area (Å²) in [5, 5.41) is 40.4. The number of hydrogen-bond donors (Lipinski definition) is 2. The molecule has 550 valence electrons. The Morgan fingerprint density at radius 3 is 1.45 bits per heavy atom. The van der Waals surface area contributed by atoms with Gasteiger partial charge in [0.05, 0.1) is 24.4 Å². The number of oxime groups is 2. The minimum atomic E-state index is -1.25. The molecule has 101 heavy (non-hydrogen) atoms. The zero-order chi connectivity index (χ0) is 71.7. The molecule has 12 aliphatic rings. The predicted molar refractivity (Wildman–Crippen MR) is 397 cm³/mol. The molecular weight excluding hydrogens is 1410 g/mol. The lowest BCUT2D eigenvalue weighted by Crippen LogP contribution is -2.64. The summed E-state index contributed by atoms with van der Waals surface area (Å²) in [6, 6.07) is 16.1. The van der Waals surface area contributed by atoms with E-state index in [-0.39, 0.29) is 102 Å². The van der Waals surface area contributed by atoms with Crippen LogP contribution in [-0.2, 0) is 65.7 Å². The van der Waals surface area contributed by atoms with E-state index in [1.807, 2.05) is 82.5 Å². The maximum Gasteiger partial charge on any atom is 0.306 e. The fraction of sp³-hybridized carbons (Fsp3) is 0.659. The number of rotatable bonds is 19. The number of nitrogens with zero attached hydrogens (tertiary/aromatic N) is 4. The van der Waals surface area contributed by atoms with Gasteiger partial charge in [-0.1, -0.05) is 170 Å². The Labute approximate surface area is 616 Å². The van der Waals surface area contributed by atoms with Gasteiger partial charge in [0, 0.05) is 81.2 Å². The molecule has 19 heteroatoms. The Bertz CT molecular complexity index is 3520. The Morgan fingerprint density at radius 1 is 0.594 bits per heavy atom. The lowest BCUT2D eigenvalue weighted by atomic mass is 9.46. The third kappa shape index (κ3) is 14.3. The van der Waals surface area contributed by atoms with Gasteiger partial charge >= 0.3 is 11.9 Å². The van der Waals surface area contributed by atoms with Gasteiger partial charge in [0.25, 0.3) is 0 Å². The Kier molecular flexibility index (Phi) is 23.6. The SMILES string of the molecule is C=C.CCCC(=O)OCC(=NN(C)C)[C@@]12OC(C3CCCCC3)O[C@@H]1C[C@H]1[C@@H]3CCC4=C/C(=N\OCc5ccc(Br)cc5)C=C[C@]4(C)[C@H]3[C@@H](O)C[C@@]12C.CCCC(=O)OCC(=O)[C@@]12OC(C3CCCCC3)O[C@@H]1C[C@H]1[C@@H]3CCC4=C/C(=N\OCc5ccc(Br)cc5)C=C[C@]4(C)[C@H]3[C@@H](O)C[C@@]12C. The molecule has 2 aromatic rings. The molecule has 2 unspecified atom stereocenters. The Balaban J connectivity index is 0.000000187. The highest BCUT2D eigenvalue weighted by Crippen LogP contribution is 2.72. The van der Waals surface area contributed by atoms with E-state index >= 15 is 0 Å². The zero-order valence-corrected chi connectivity index (χ0v) is 64.1. The van der Waals surface area contributed by atoms with Crippen LogP contribution in [0.4, 0.5) is 0 Å². The number of aliphatic hydroxyl groups is 2. The van der Waals surface area contributed by atoms with Gasteiger partial charge in [-0.05, 0) is 173 Å². The van der Waals surface area contributed by atoms with Crippen molar-refractivity contribution < 1.29 is 62.7 Å². The molecule has 14 rings (SSSR count). The maximum atomic E-state index is 14.4. The smallest absolute Gasteiger partial charge is 0.306 e. The first kappa shape index (κ1) is 75.6. The highest BCUT2D eigenvalue weighted by molar-refractivity contribution is 9.10. The third-order valence-corrected chi connectivity index (χ3v) is 27.1. The van der Waals surface area contributed by atoms with Crippen LogP contribution in [0.3, 0.4) is 0 Å². The molecule has 0 bridgehead atoms. The number of Topliss-reactive ketones (excluding diaryl/α,β-unsaturated/α-hetero) is 1. The second-order valence-corrected chi connectivity index (χ2v) is 33.9. The van der Waals surface area contributed by atoms with Gasteiger partial charge in [0.1, 0.15) is 42.6 Å². The second kappa shape index (κ2) is 31.5. The molecule has 2 N–H and O–H groups in total. The predicted octanol–water partition coefficient (Wildman–Crippen LogP) is 16.4. The number of ether oxygens (including phenoxy) is 6. The number of esters is 2. The van der Waals surface area contributed by atoms with E-state index in [1.54, 1.807) is 5.01 Å². The molecule has 2 aliphatic heterocycles. The van der Waals surface area contributed by atoms with Crippen molar-refractivity contribution in [2.24, 2.45) is 84.4 Å². The molecule has 0 amide bonds. The highest BCUT2D eigenvalue weighted by Gasteiger charge is 2.78. The van der Waals surface area contributed by atoms with Crippen molar-refractivity contribution in [1.82, 2.24) is 5.01 Å². The molecule has 18 atom stereocenters. The number of halogens is 2. The van der Waals surface area contributed by atoms with Crippen LogP contribution in [0.2, 0.25) is 0 Å². The molecule has 10 aliphatic carbocycles. The monoisotopic (exact) mass is 1520 g/mol. The number of ketones is 1. The van der Waals surface area contributed by atoms with Gasteiger partial charge in [-0.25, -0.2) is 0 Å². The molecular formula is C82H110Br2N4O13. The van der Waals surface area contributed by atoms with Gasteiger partial charge in [-0.15, -0.1) is 13.2 Å². The van der Waals surface area contributed by atoms with Gasteiger partial charge in [-0.3, -0.25) is 14.4 Å². The van der Waals surface area contributed by atoms with E-state index in [4.69, 9.17) is 43.2 Å². The van der Waals surface area contributed by atoms with Gasteiger partial charge in [0.2, 0.25) is 5.78 Å². The fourth-order valence-electron chi connectivity index (χ4n) is 21.5. The number of hydrazone groups is 1. The first-order valence-electron chi connectivity index (χ1n) is 37.9. The highest BCUT2D eigenvalue weighted by atomic mass is 79.9. The molecule has 2 aromatic carbocycles. The number of aliphatic hydroxyl groups excluding tert-OH is 2. The molecule has 10 fully saturated rings. The van der Waals surface area contributed by atoms with Crippen molar-refractivity contribution in [1.29, 1.82) is 0 Å². The number of allylic oxidation sites excluding steroid dienone is 8. The number of hydrogen-bond acceptors (Lipinski definition) is 17. The number of carbonyl (C=O) groups is 3. The van der Waals surface area contributed by atoms with E-state index in [9.17, 15) is 24.6 Å². The number of fused-ring (bicyclic) bond motifs is 14. The van der Waals surface area contributed by atoms with Crippen molar-refractivity contribution in [3.8, 4) is 0 Å². The van der Waals surface area contributed by atoms with Crippen LogP contribution in [-0.4, -0.2) is 126 Å². The van der Waals surface area contributed by atoms with Gasteiger partial charge < -0.3 is 53.3 Å². The van der Waals surface area contributed by atoms with E-state index in [0.29, 0.717) is 56.9 Å². The van der Waals surface area contributed by atoms with E-state index in [2.05, 4.69) is 113 Å². The Morgan fingerprint density at radius 2 is 1.01 bits per heavy atom. The van der Waals surface area contributed by atoms with Crippen molar-refractivity contribution in [2.45, 2.75) is 244 Å². The minimum Gasteiger partial charge on any atom is -0.459 e. The fourth-order valence-corrected chi connectivity index (χ4v) is 22.0. The van der Waals surface area contributed by atoms with Crippen molar-refractivity contribution in [3.63, 3.8) is 0 Å². The van der Waals surface area contributed by atoms with Crippen molar-refractivity contribution in [2.75, 3.05) is 27.3 Å². The normalized spacial score (nSPS) is 38.2.